The molecule has 35 heavy (non-hydrogen) atoms. The second-order valence-electron chi connectivity index (χ2n) is 9.75. The van der Waals surface area contributed by atoms with Gasteiger partial charge in [0.2, 0.25) is 5.91 Å². The highest BCUT2D eigenvalue weighted by Gasteiger charge is 2.33. The van der Waals surface area contributed by atoms with Gasteiger partial charge in [0.05, 0.1) is 5.52 Å². The number of benzene rings is 2. The Hall–Kier alpha value is -3.49. The molecule has 1 aliphatic rings. The lowest BCUT2D eigenvalue weighted by atomic mass is 9.88. The van der Waals surface area contributed by atoms with Crippen LogP contribution >= 0.6 is 0 Å². The van der Waals surface area contributed by atoms with Gasteiger partial charge in [-0.1, -0.05) is 6.58 Å². The molecule has 184 valence electrons. The highest BCUT2D eigenvalue weighted by atomic mass is 16.1. The van der Waals surface area contributed by atoms with E-state index >= 15 is 0 Å². The Bertz CT molecular complexity index is 1210. The van der Waals surface area contributed by atoms with Crippen LogP contribution in [0.5, 0.6) is 0 Å². The van der Waals surface area contributed by atoms with Crippen molar-refractivity contribution in [1.29, 1.82) is 0 Å². The summed E-state index contributed by atoms with van der Waals surface area (Å²) in [6, 6.07) is 12.2. The second-order valence-corrected chi connectivity index (χ2v) is 9.75. The van der Waals surface area contributed by atoms with Crippen LogP contribution in [0.3, 0.4) is 0 Å². The molecule has 1 amide bonds. The van der Waals surface area contributed by atoms with Gasteiger partial charge in [0.1, 0.15) is 12.1 Å². The van der Waals surface area contributed by atoms with E-state index in [4.69, 9.17) is 0 Å². The van der Waals surface area contributed by atoms with Crippen molar-refractivity contribution in [2.75, 3.05) is 62.9 Å². The quantitative estimate of drug-likeness (QED) is 0.502. The number of fused-ring (bicyclic) bond motifs is 1. The number of likely N-dealkylation sites (N-methyl/N-ethyl adjacent to an activating group) is 1. The minimum atomic E-state index is -0.306. The van der Waals surface area contributed by atoms with E-state index in [9.17, 15) is 4.79 Å². The topological polar surface area (TPSA) is 76.6 Å². The zero-order chi connectivity index (χ0) is 25.2. The molecular weight excluding hydrogens is 438 g/mol. The summed E-state index contributed by atoms with van der Waals surface area (Å²) in [6.07, 6.45) is 2.87. The third-order valence-corrected chi connectivity index (χ3v) is 6.82. The van der Waals surface area contributed by atoms with Crippen molar-refractivity contribution < 1.29 is 4.79 Å². The average Bonchev–Trinajstić information content (AvgIpc) is 2.84. The van der Waals surface area contributed by atoms with Crippen molar-refractivity contribution in [2.24, 2.45) is 0 Å². The molecule has 2 N–H and O–H groups in total. The van der Waals surface area contributed by atoms with Gasteiger partial charge in [-0.25, -0.2) is 9.97 Å². The predicted molar refractivity (Wildman–Crippen MR) is 145 cm³/mol. The fourth-order valence-corrected chi connectivity index (χ4v) is 4.51. The maximum Gasteiger partial charge on any atom is 0.247 e. The molecule has 0 bridgehead atoms. The third-order valence-electron chi connectivity index (χ3n) is 6.82. The Morgan fingerprint density at radius 3 is 2.40 bits per heavy atom. The molecule has 1 aromatic heterocycles. The lowest BCUT2D eigenvalue weighted by molar-refractivity contribution is -0.111. The van der Waals surface area contributed by atoms with Crippen LogP contribution in [-0.2, 0) is 10.3 Å². The Balaban J connectivity index is 1.76. The molecule has 1 aliphatic heterocycles. The first-order valence-electron chi connectivity index (χ1n) is 11.9. The first kappa shape index (κ1) is 24.6. The van der Waals surface area contributed by atoms with Crippen LogP contribution in [0.2, 0.25) is 0 Å². The van der Waals surface area contributed by atoms with E-state index in [1.807, 2.05) is 32.3 Å². The molecule has 0 spiro atoms. The molecule has 4 rings (SSSR count). The van der Waals surface area contributed by atoms with Crippen LogP contribution in [0.15, 0.2) is 55.4 Å². The predicted octanol–water partition coefficient (Wildman–Crippen LogP) is 4.05. The van der Waals surface area contributed by atoms with E-state index in [0.717, 1.165) is 59.7 Å². The van der Waals surface area contributed by atoms with Crippen LogP contribution in [0.25, 0.3) is 10.9 Å². The van der Waals surface area contributed by atoms with Crippen molar-refractivity contribution in [3.63, 3.8) is 0 Å². The molecule has 0 atom stereocenters. The zero-order valence-corrected chi connectivity index (χ0v) is 21.3. The van der Waals surface area contributed by atoms with Crippen molar-refractivity contribution in [2.45, 2.75) is 19.4 Å². The van der Waals surface area contributed by atoms with Crippen molar-refractivity contribution in [3.8, 4) is 0 Å². The maximum absolute atomic E-state index is 12.4. The molecule has 2 aromatic carbocycles. The van der Waals surface area contributed by atoms with Gasteiger partial charge >= 0.3 is 0 Å². The summed E-state index contributed by atoms with van der Waals surface area (Å²) < 4.78 is 0. The number of carbonyl (C=O) groups is 1. The highest BCUT2D eigenvalue weighted by Crippen LogP contribution is 2.38. The van der Waals surface area contributed by atoms with Gasteiger partial charge < -0.3 is 20.4 Å². The molecule has 1 saturated heterocycles. The van der Waals surface area contributed by atoms with Gasteiger partial charge in [-0.2, -0.15) is 0 Å². The Morgan fingerprint density at radius 1 is 1.09 bits per heavy atom. The molecule has 2 heterocycles. The van der Waals surface area contributed by atoms with E-state index < -0.39 is 0 Å². The normalized spacial score (nSPS) is 15.1. The number of amides is 1. The number of hydrogen-bond donors (Lipinski definition) is 2. The highest BCUT2D eigenvalue weighted by molar-refractivity contribution is 6.02. The van der Waals surface area contributed by atoms with Gasteiger partial charge in [-0.05, 0) is 68.9 Å². The number of anilines is 4. The van der Waals surface area contributed by atoms with Gasteiger partial charge in [-0.3, -0.25) is 9.69 Å². The Morgan fingerprint density at radius 2 is 1.77 bits per heavy atom. The van der Waals surface area contributed by atoms with Crippen molar-refractivity contribution >= 4 is 39.7 Å². The van der Waals surface area contributed by atoms with E-state index in [1.165, 1.54) is 6.08 Å². The number of nitrogens with one attached hydrogen (secondary N) is 2. The molecule has 0 saturated carbocycles. The van der Waals surface area contributed by atoms with Crippen LogP contribution in [0.1, 0.15) is 19.4 Å². The lowest BCUT2D eigenvalue weighted by Crippen LogP contribution is -2.52. The first-order chi connectivity index (χ1) is 16.7. The minimum Gasteiger partial charge on any atom is -0.378 e. The van der Waals surface area contributed by atoms with Gasteiger partial charge in [0.15, 0.2) is 0 Å². The molecule has 0 radical (unpaired) electrons. The number of hydrogen-bond acceptors (Lipinski definition) is 7. The van der Waals surface area contributed by atoms with Crippen LogP contribution in [-0.4, -0.2) is 73.0 Å². The summed E-state index contributed by atoms with van der Waals surface area (Å²) in [5.74, 6) is 0.441. The monoisotopic (exact) mass is 473 g/mol. The zero-order valence-electron chi connectivity index (χ0n) is 21.3. The van der Waals surface area contributed by atoms with Crippen molar-refractivity contribution in [1.82, 2.24) is 19.8 Å². The van der Waals surface area contributed by atoms with Crippen LogP contribution < -0.4 is 15.5 Å². The fourth-order valence-electron chi connectivity index (χ4n) is 4.51. The Kier molecular flexibility index (Phi) is 7.05. The molecule has 0 aliphatic carbocycles. The van der Waals surface area contributed by atoms with Gasteiger partial charge in [0.25, 0.3) is 0 Å². The molecular formula is C27H35N7O. The van der Waals surface area contributed by atoms with Gasteiger partial charge in [-0.15, -0.1) is 0 Å². The van der Waals surface area contributed by atoms with Gasteiger partial charge in [0, 0.05) is 68.3 Å². The SMILES string of the molecule is C=CC(=O)Nc1cc2c(Nc3ccc(N(C)C)cc3)ncnc2cc1C(C)(C)N1CCN(C)CC1. The largest absolute Gasteiger partial charge is 0.378 e. The summed E-state index contributed by atoms with van der Waals surface area (Å²) >= 11 is 0. The average molecular weight is 474 g/mol. The Labute approximate surface area is 207 Å². The molecule has 3 aromatic rings. The minimum absolute atomic E-state index is 0.245. The number of rotatable bonds is 7. The first-order valence-corrected chi connectivity index (χ1v) is 11.9. The summed E-state index contributed by atoms with van der Waals surface area (Å²) in [5, 5.41) is 7.28. The molecule has 1 fully saturated rings. The lowest BCUT2D eigenvalue weighted by Gasteiger charge is -2.44. The summed E-state index contributed by atoms with van der Waals surface area (Å²) in [7, 11) is 6.18. The number of carbonyl (C=O) groups excluding carboxylic acids is 1. The van der Waals surface area contributed by atoms with E-state index in [0.29, 0.717) is 5.82 Å². The summed E-state index contributed by atoms with van der Waals surface area (Å²) in [6.45, 7) is 12.0. The van der Waals surface area contributed by atoms with Crippen LogP contribution in [0, 0.1) is 0 Å². The number of nitrogens with zero attached hydrogens (tertiary/aromatic N) is 5. The van der Waals surface area contributed by atoms with Crippen molar-refractivity contribution in [3.05, 3.63) is 60.9 Å². The summed E-state index contributed by atoms with van der Waals surface area (Å²) in [5.41, 5.74) is 4.32. The molecule has 0 unspecified atom stereocenters. The molecule has 8 nitrogen and oxygen atoms in total. The standard InChI is InChI=1S/C27H35N7O/c1-7-25(35)31-24-16-21-23(17-22(24)27(2,3)34-14-12-33(6)13-15-34)28-18-29-26(21)30-19-8-10-20(11-9-19)32(4)5/h7-11,16-18H,1,12-15H2,2-6H3,(H,31,35)(H,28,29,30). The number of piperazine rings is 1. The smallest absolute Gasteiger partial charge is 0.247 e. The number of aromatic nitrogens is 2. The third kappa shape index (κ3) is 5.28. The van der Waals surface area contributed by atoms with Crippen LogP contribution in [0.4, 0.5) is 22.9 Å². The summed E-state index contributed by atoms with van der Waals surface area (Å²) in [4.78, 5) is 28.3. The van der Waals surface area contributed by atoms with E-state index in [2.05, 4.69) is 81.0 Å². The maximum atomic E-state index is 12.4. The van der Waals surface area contributed by atoms with E-state index in [1.54, 1.807) is 6.33 Å². The second kappa shape index (κ2) is 10.0. The molecule has 8 heteroatoms. The van der Waals surface area contributed by atoms with E-state index in [-0.39, 0.29) is 11.4 Å². The fraction of sp³-hybridized carbons (Fsp3) is 0.370.